The van der Waals surface area contributed by atoms with Crippen molar-refractivity contribution in [1.82, 2.24) is 5.32 Å². The number of nitro benzene ring substituents is 1. The van der Waals surface area contributed by atoms with E-state index >= 15 is 0 Å². The molecule has 1 N–H and O–H groups in total. The molecule has 0 heterocycles. The molecule has 1 fully saturated rings. The molecule has 1 aromatic rings. The van der Waals surface area contributed by atoms with Gasteiger partial charge in [-0.1, -0.05) is 30.8 Å². The summed E-state index contributed by atoms with van der Waals surface area (Å²) in [5, 5.41) is 13.9. The fourth-order valence-corrected chi connectivity index (χ4v) is 4.62. The minimum absolute atomic E-state index is 0.0221. The Bertz CT molecular complexity index is 863. The molecule has 0 saturated heterocycles. The van der Waals surface area contributed by atoms with Gasteiger partial charge in [0.05, 0.1) is 17.0 Å². The first-order valence-electron chi connectivity index (χ1n) is 9.36. The number of ether oxygens (including phenoxy) is 1. The van der Waals surface area contributed by atoms with E-state index in [4.69, 9.17) is 17.0 Å². The lowest BCUT2D eigenvalue weighted by molar-refractivity contribution is -0.384. The number of carbonyl (C=O) groups excluding carboxylic acids is 1. The molecule has 29 heavy (non-hydrogen) atoms. The number of non-ortho nitro benzene ring substituents is 1. The molecular weight excluding hydrogens is 416 g/mol. The van der Waals surface area contributed by atoms with Crippen LogP contribution in [0.4, 0.5) is 5.69 Å². The lowest BCUT2D eigenvalue weighted by Gasteiger charge is -2.43. The van der Waals surface area contributed by atoms with Crippen molar-refractivity contribution < 1.29 is 22.9 Å². The second kappa shape index (κ2) is 9.62. The number of benzene rings is 1. The molecule has 1 aromatic carbocycles. The fourth-order valence-electron chi connectivity index (χ4n) is 3.50. The molecule has 1 aliphatic rings. The monoisotopic (exact) mass is 442 g/mol. The Hall–Kier alpha value is -2.07. The lowest BCUT2D eigenvalue weighted by atomic mass is 9.66. The Morgan fingerprint density at radius 1 is 1.34 bits per heavy atom. The van der Waals surface area contributed by atoms with Gasteiger partial charge in [-0.25, -0.2) is 13.2 Å². The Balaban J connectivity index is 2.07. The third-order valence-electron chi connectivity index (χ3n) is 5.34. The van der Waals surface area contributed by atoms with E-state index in [1.165, 1.54) is 25.5 Å². The first-order valence-corrected chi connectivity index (χ1v) is 11.8. The number of sulfone groups is 1. The van der Waals surface area contributed by atoms with Gasteiger partial charge in [0.1, 0.15) is 15.9 Å². The first-order chi connectivity index (χ1) is 13.6. The summed E-state index contributed by atoms with van der Waals surface area (Å²) < 4.78 is 27.7. The number of hydrogen-bond donors (Lipinski definition) is 1. The minimum atomic E-state index is -3.03. The summed E-state index contributed by atoms with van der Waals surface area (Å²) in [5.41, 5.74) is 0.425. The van der Waals surface area contributed by atoms with E-state index in [0.29, 0.717) is 17.8 Å². The third-order valence-corrected chi connectivity index (χ3v) is 6.92. The van der Waals surface area contributed by atoms with Crippen molar-refractivity contribution in [2.75, 3.05) is 19.1 Å². The van der Waals surface area contributed by atoms with E-state index in [9.17, 15) is 23.3 Å². The molecule has 0 aliphatic heterocycles. The molecule has 10 heteroatoms. The van der Waals surface area contributed by atoms with Gasteiger partial charge in [0.15, 0.2) is 0 Å². The second-order valence-corrected chi connectivity index (χ2v) is 10.2. The van der Waals surface area contributed by atoms with Gasteiger partial charge >= 0.3 is 5.97 Å². The fraction of sp³-hybridized carbons (Fsp3) is 0.579. The molecule has 8 nitrogen and oxygen atoms in total. The highest BCUT2D eigenvalue weighted by atomic mass is 32.2. The number of thiocarbonyl (C=S) groups is 1. The van der Waals surface area contributed by atoms with Crippen molar-refractivity contribution >= 4 is 38.7 Å². The highest BCUT2D eigenvalue weighted by Gasteiger charge is 2.42. The van der Waals surface area contributed by atoms with Crippen LogP contribution in [0.15, 0.2) is 24.3 Å². The lowest BCUT2D eigenvalue weighted by Crippen LogP contribution is -2.51. The van der Waals surface area contributed by atoms with Crippen LogP contribution in [0.1, 0.15) is 37.7 Å². The van der Waals surface area contributed by atoms with Crippen molar-refractivity contribution in [3.8, 4) is 0 Å². The van der Waals surface area contributed by atoms with E-state index in [1.807, 2.05) is 0 Å². The Labute approximate surface area is 176 Å². The zero-order chi connectivity index (χ0) is 21.7. The van der Waals surface area contributed by atoms with Crippen LogP contribution in [0.3, 0.4) is 0 Å². The zero-order valence-corrected chi connectivity index (χ0v) is 18.2. The van der Waals surface area contributed by atoms with Gasteiger partial charge in [-0.2, -0.15) is 0 Å². The standard InChI is InChI=1S/C19H26N2O6S2/c1-27-17(22)16(13-14-5-7-15(8-6-14)21(23)24)20-18(28)19(9-3-10-19)11-4-12-29(2,25)26/h5-8,16H,3-4,9-13H2,1-2H3,(H,20,28)/t16-/m0/s1. The molecule has 0 aromatic heterocycles. The van der Waals surface area contributed by atoms with Gasteiger partial charge < -0.3 is 10.1 Å². The largest absolute Gasteiger partial charge is 0.467 e. The van der Waals surface area contributed by atoms with Gasteiger partial charge in [-0.05, 0) is 31.2 Å². The van der Waals surface area contributed by atoms with Crippen LogP contribution in [0.5, 0.6) is 0 Å². The van der Waals surface area contributed by atoms with E-state index in [2.05, 4.69) is 5.32 Å². The van der Waals surface area contributed by atoms with Crippen LogP contribution in [0.2, 0.25) is 0 Å². The Kier molecular flexibility index (Phi) is 7.70. The Morgan fingerprint density at radius 2 is 1.97 bits per heavy atom. The van der Waals surface area contributed by atoms with Crippen LogP contribution in [0, 0.1) is 15.5 Å². The predicted octanol–water partition coefficient (Wildman–Crippen LogP) is 2.59. The van der Waals surface area contributed by atoms with Gasteiger partial charge in [0.25, 0.3) is 5.69 Å². The number of rotatable bonds is 10. The molecule has 0 bridgehead atoms. The average Bonchev–Trinajstić information content (AvgIpc) is 2.62. The normalized spacial score (nSPS) is 16.3. The molecule has 160 valence electrons. The number of esters is 1. The highest BCUT2D eigenvalue weighted by molar-refractivity contribution is 7.90. The molecule has 2 rings (SSSR count). The molecule has 1 saturated carbocycles. The van der Waals surface area contributed by atoms with E-state index in [-0.39, 0.29) is 23.3 Å². The molecule has 0 amide bonds. The number of nitrogens with zero attached hydrogens (tertiary/aromatic N) is 1. The van der Waals surface area contributed by atoms with Crippen LogP contribution in [-0.4, -0.2) is 49.5 Å². The van der Waals surface area contributed by atoms with Crippen LogP contribution < -0.4 is 5.32 Å². The zero-order valence-electron chi connectivity index (χ0n) is 16.5. The van der Waals surface area contributed by atoms with Crippen LogP contribution >= 0.6 is 12.2 Å². The smallest absolute Gasteiger partial charge is 0.328 e. The molecule has 0 spiro atoms. The number of nitro groups is 1. The van der Waals surface area contributed by atoms with Crippen molar-refractivity contribution in [3.63, 3.8) is 0 Å². The van der Waals surface area contributed by atoms with E-state index in [0.717, 1.165) is 24.8 Å². The van der Waals surface area contributed by atoms with Gasteiger partial charge in [0, 0.05) is 36.0 Å². The summed E-state index contributed by atoms with van der Waals surface area (Å²) >= 11 is 5.60. The molecule has 0 radical (unpaired) electrons. The summed E-state index contributed by atoms with van der Waals surface area (Å²) in [6.45, 7) is 0. The number of methoxy groups -OCH3 is 1. The summed E-state index contributed by atoms with van der Waals surface area (Å²) in [6.07, 6.45) is 5.37. The number of hydrogen-bond acceptors (Lipinski definition) is 7. The van der Waals surface area contributed by atoms with Gasteiger partial charge in [-0.3, -0.25) is 10.1 Å². The van der Waals surface area contributed by atoms with Crippen molar-refractivity contribution in [3.05, 3.63) is 39.9 Å². The third kappa shape index (κ3) is 6.46. The summed E-state index contributed by atoms with van der Waals surface area (Å²) in [5.74, 6) is -0.364. The van der Waals surface area contributed by atoms with Crippen molar-refractivity contribution in [1.29, 1.82) is 0 Å². The maximum absolute atomic E-state index is 12.3. The highest BCUT2D eigenvalue weighted by Crippen LogP contribution is 2.45. The summed E-state index contributed by atoms with van der Waals surface area (Å²) in [6, 6.07) is 5.26. The van der Waals surface area contributed by atoms with E-state index < -0.39 is 26.8 Å². The van der Waals surface area contributed by atoms with Crippen molar-refractivity contribution in [2.45, 2.75) is 44.6 Å². The SMILES string of the molecule is COC(=O)[C@H](Cc1ccc([N+](=O)[O-])cc1)NC(=S)C1(CCCS(C)(=O)=O)CCC1. The molecule has 1 atom stereocenters. The maximum atomic E-state index is 12.3. The molecule has 0 unspecified atom stereocenters. The van der Waals surface area contributed by atoms with E-state index in [1.54, 1.807) is 12.1 Å². The van der Waals surface area contributed by atoms with Gasteiger partial charge in [-0.15, -0.1) is 0 Å². The maximum Gasteiger partial charge on any atom is 0.328 e. The van der Waals surface area contributed by atoms with Crippen LogP contribution in [-0.2, 0) is 25.8 Å². The van der Waals surface area contributed by atoms with Crippen LogP contribution in [0.25, 0.3) is 0 Å². The quantitative estimate of drug-likeness (QED) is 0.254. The summed E-state index contributed by atoms with van der Waals surface area (Å²) in [4.78, 5) is 23.1. The number of nitrogens with one attached hydrogen (secondary N) is 1. The topological polar surface area (TPSA) is 116 Å². The Morgan fingerprint density at radius 3 is 2.41 bits per heavy atom. The van der Waals surface area contributed by atoms with Crippen molar-refractivity contribution in [2.24, 2.45) is 5.41 Å². The predicted molar refractivity (Wildman–Crippen MR) is 114 cm³/mol. The molecule has 1 aliphatic carbocycles. The average molecular weight is 443 g/mol. The minimum Gasteiger partial charge on any atom is -0.467 e. The first kappa shape index (κ1) is 23.2. The number of carbonyl (C=O) groups is 1. The summed E-state index contributed by atoms with van der Waals surface area (Å²) in [7, 11) is -1.74. The molecular formula is C19H26N2O6S2. The second-order valence-electron chi connectivity index (χ2n) is 7.54. The van der Waals surface area contributed by atoms with Gasteiger partial charge in [0.2, 0.25) is 0 Å².